The molecule has 0 aromatic carbocycles. The number of aliphatic hydroxyl groups excluding tert-OH is 1. The largest absolute Gasteiger partial charge is 0.395 e. The average Bonchev–Trinajstić information content (AvgIpc) is 2.46. The minimum atomic E-state index is 0.189. The summed E-state index contributed by atoms with van der Waals surface area (Å²) in [5, 5.41) is 12.5. The van der Waals surface area contributed by atoms with Crippen molar-refractivity contribution in [1.29, 1.82) is 0 Å². The number of hydrogen-bond acceptors (Lipinski definition) is 3. The maximum atomic E-state index is 11.9. The molecule has 1 saturated carbocycles. The molecule has 1 atom stereocenters. The summed E-state index contributed by atoms with van der Waals surface area (Å²) < 4.78 is 0. The van der Waals surface area contributed by atoms with Crippen LogP contribution in [-0.2, 0) is 4.79 Å². The van der Waals surface area contributed by atoms with Crippen molar-refractivity contribution in [2.24, 2.45) is 0 Å². The van der Waals surface area contributed by atoms with E-state index < -0.39 is 0 Å². The van der Waals surface area contributed by atoms with Crippen LogP contribution < -0.4 is 5.32 Å². The van der Waals surface area contributed by atoms with Gasteiger partial charge in [-0.25, -0.2) is 0 Å². The Bertz CT molecular complexity index is 277. The van der Waals surface area contributed by atoms with Crippen molar-refractivity contribution in [1.82, 2.24) is 10.2 Å². The zero-order valence-corrected chi connectivity index (χ0v) is 11.9. The molecule has 4 heteroatoms. The van der Waals surface area contributed by atoms with E-state index in [1.54, 1.807) is 0 Å². The molecule has 1 aliphatic heterocycles. The minimum Gasteiger partial charge on any atom is -0.395 e. The van der Waals surface area contributed by atoms with Crippen LogP contribution in [0.5, 0.6) is 0 Å². The number of nitrogens with one attached hydrogen (secondary N) is 1. The summed E-state index contributed by atoms with van der Waals surface area (Å²) in [4.78, 5) is 14.2. The second-order valence-corrected chi connectivity index (χ2v) is 6.02. The van der Waals surface area contributed by atoms with Crippen LogP contribution in [0.15, 0.2) is 0 Å². The molecule has 2 aliphatic rings. The fraction of sp³-hybridized carbons (Fsp3) is 0.933. The molecule has 19 heavy (non-hydrogen) atoms. The van der Waals surface area contributed by atoms with Crippen LogP contribution in [0, 0.1) is 0 Å². The third-order valence-electron chi connectivity index (χ3n) is 4.56. The molecule has 1 unspecified atom stereocenters. The maximum absolute atomic E-state index is 11.9. The highest BCUT2D eigenvalue weighted by Gasteiger charge is 2.22. The van der Waals surface area contributed by atoms with Gasteiger partial charge in [-0.3, -0.25) is 9.69 Å². The van der Waals surface area contributed by atoms with Crippen molar-refractivity contribution in [3.63, 3.8) is 0 Å². The van der Waals surface area contributed by atoms with Gasteiger partial charge in [-0.2, -0.15) is 0 Å². The molecule has 0 aromatic rings. The number of rotatable bonds is 5. The summed E-state index contributed by atoms with van der Waals surface area (Å²) in [5.74, 6) is 0.189. The molecule has 4 nitrogen and oxygen atoms in total. The van der Waals surface area contributed by atoms with E-state index in [9.17, 15) is 9.90 Å². The Morgan fingerprint density at radius 2 is 1.84 bits per heavy atom. The summed E-state index contributed by atoms with van der Waals surface area (Å²) in [6.07, 6.45) is 10.2. The molecule has 0 aromatic heterocycles. The first-order valence-electron chi connectivity index (χ1n) is 7.94. The van der Waals surface area contributed by atoms with Gasteiger partial charge in [0.05, 0.1) is 6.61 Å². The SMILES string of the molecule is O=C(CCN1CCCCC1CO)NC1CCCCC1. The second kappa shape index (κ2) is 7.85. The molecule has 110 valence electrons. The third-order valence-corrected chi connectivity index (χ3v) is 4.56. The van der Waals surface area contributed by atoms with Crippen molar-refractivity contribution in [2.75, 3.05) is 19.7 Å². The lowest BCUT2D eigenvalue weighted by molar-refractivity contribution is -0.122. The monoisotopic (exact) mass is 268 g/mol. The number of amides is 1. The quantitative estimate of drug-likeness (QED) is 0.797. The summed E-state index contributed by atoms with van der Waals surface area (Å²) >= 11 is 0. The van der Waals surface area contributed by atoms with E-state index in [2.05, 4.69) is 10.2 Å². The van der Waals surface area contributed by atoms with Crippen molar-refractivity contribution in [2.45, 2.75) is 69.9 Å². The molecule has 1 heterocycles. The third kappa shape index (κ3) is 4.77. The van der Waals surface area contributed by atoms with Crippen LogP contribution in [0.25, 0.3) is 0 Å². The van der Waals surface area contributed by atoms with E-state index in [0.717, 1.165) is 32.4 Å². The lowest BCUT2D eigenvalue weighted by atomic mass is 9.95. The fourth-order valence-electron chi connectivity index (χ4n) is 3.35. The molecule has 2 rings (SSSR count). The highest BCUT2D eigenvalue weighted by molar-refractivity contribution is 5.76. The Kier molecular flexibility index (Phi) is 6.11. The molecule has 2 fully saturated rings. The zero-order valence-electron chi connectivity index (χ0n) is 11.9. The van der Waals surface area contributed by atoms with Gasteiger partial charge in [0.15, 0.2) is 0 Å². The number of carbonyl (C=O) groups excluding carboxylic acids is 1. The Morgan fingerprint density at radius 1 is 1.11 bits per heavy atom. The van der Waals surface area contributed by atoms with Gasteiger partial charge in [-0.15, -0.1) is 0 Å². The van der Waals surface area contributed by atoms with Crippen molar-refractivity contribution in [3.8, 4) is 0 Å². The van der Waals surface area contributed by atoms with Crippen molar-refractivity contribution in [3.05, 3.63) is 0 Å². The van der Waals surface area contributed by atoms with E-state index >= 15 is 0 Å². The van der Waals surface area contributed by atoms with Crippen LogP contribution >= 0.6 is 0 Å². The summed E-state index contributed by atoms with van der Waals surface area (Å²) in [5.41, 5.74) is 0. The highest BCUT2D eigenvalue weighted by Crippen LogP contribution is 2.18. The smallest absolute Gasteiger partial charge is 0.221 e. The van der Waals surface area contributed by atoms with Gasteiger partial charge in [-0.05, 0) is 32.2 Å². The van der Waals surface area contributed by atoms with E-state index in [1.165, 1.54) is 32.1 Å². The molecule has 2 N–H and O–H groups in total. The van der Waals surface area contributed by atoms with Gasteiger partial charge in [0.25, 0.3) is 0 Å². The number of likely N-dealkylation sites (tertiary alicyclic amines) is 1. The van der Waals surface area contributed by atoms with Crippen LogP contribution in [0.4, 0.5) is 0 Å². The lowest BCUT2D eigenvalue weighted by Gasteiger charge is -2.34. The first-order chi connectivity index (χ1) is 9.29. The van der Waals surface area contributed by atoms with Crippen LogP contribution in [0.3, 0.4) is 0 Å². The average molecular weight is 268 g/mol. The maximum Gasteiger partial charge on any atom is 0.221 e. The molecule has 1 aliphatic carbocycles. The van der Waals surface area contributed by atoms with E-state index in [4.69, 9.17) is 0 Å². The summed E-state index contributed by atoms with van der Waals surface area (Å²) in [7, 11) is 0. The van der Waals surface area contributed by atoms with E-state index in [1.807, 2.05) is 0 Å². The summed E-state index contributed by atoms with van der Waals surface area (Å²) in [6.45, 7) is 2.05. The predicted octanol–water partition coefficient (Wildman–Crippen LogP) is 1.67. The van der Waals surface area contributed by atoms with Gasteiger partial charge >= 0.3 is 0 Å². The molecule has 1 saturated heterocycles. The Labute approximate surface area is 116 Å². The standard InChI is InChI=1S/C15H28N2O2/c18-12-14-8-4-5-10-17(14)11-9-15(19)16-13-6-2-1-3-7-13/h13-14,18H,1-12H2,(H,16,19). The Morgan fingerprint density at radius 3 is 2.58 bits per heavy atom. The van der Waals surface area contributed by atoms with Crippen molar-refractivity contribution < 1.29 is 9.90 Å². The molecule has 0 radical (unpaired) electrons. The van der Waals surface area contributed by atoms with E-state index in [0.29, 0.717) is 12.5 Å². The van der Waals surface area contributed by atoms with Gasteiger partial charge in [0, 0.05) is 25.0 Å². The Balaban J connectivity index is 1.67. The number of nitrogens with zero attached hydrogens (tertiary/aromatic N) is 1. The van der Waals surface area contributed by atoms with Gasteiger partial charge in [0.2, 0.25) is 5.91 Å². The normalized spacial score (nSPS) is 26.3. The van der Waals surface area contributed by atoms with Crippen LogP contribution in [-0.4, -0.2) is 47.7 Å². The zero-order chi connectivity index (χ0) is 13.5. The number of piperidine rings is 1. The van der Waals surface area contributed by atoms with Gasteiger partial charge < -0.3 is 10.4 Å². The van der Waals surface area contributed by atoms with Gasteiger partial charge in [-0.1, -0.05) is 25.7 Å². The van der Waals surface area contributed by atoms with Crippen LogP contribution in [0.1, 0.15) is 57.8 Å². The topological polar surface area (TPSA) is 52.6 Å². The highest BCUT2D eigenvalue weighted by atomic mass is 16.3. The molecular formula is C15H28N2O2. The van der Waals surface area contributed by atoms with E-state index in [-0.39, 0.29) is 18.6 Å². The fourth-order valence-corrected chi connectivity index (χ4v) is 3.35. The van der Waals surface area contributed by atoms with Gasteiger partial charge in [0.1, 0.15) is 0 Å². The molecule has 1 amide bonds. The molecular weight excluding hydrogens is 240 g/mol. The lowest BCUT2D eigenvalue weighted by Crippen LogP contribution is -2.44. The first-order valence-corrected chi connectivity index (χ1v) is 7.94. The molecule has 0 spiro atoms. The second-order valence-electron chi connectivity index (χ2n) is 6.02. The predicted molar refractivity (Wildman–Crippen MR) is 75.9 cm³/mol. The summed E-state index contributed by atoms with van der Waals surface area (Å²) in [6, 6.07) is 0.687. The Hall–Kier alpha value is -0.610. The van der Waals surface area contributed by atoms with Crippen molar-refractivity contribution >= 4 is 5.91 Å². The van der Waals surface area contributed by atoms with Crippen LogP contribution in [0.2, 0.25) is 0 Å². The number of aliphatic hydroxyl groups is 1. The molecule has 0 bridgehead atoms. The first kappa shape index (κ1) is 14.8. The minimum absolute atomic E-state index is 0.189. The number of carbonyl (C=O) groups is 1. The number of hydrogen-bond donors (Lipinski definition) is 2.